The summed E-state index contributed by atoms with van der Waals surface area (Å²) >= 11 is 6.40. The van der Waals surface area contributed by atoms with Crippen LogP contribution in [0.3, 0.4) is 0 Å². The number of hydrogen-bond acceptors (Lipinski definition) is 5. The molecule has 0 radical (unpaired) electrons. The van der Waals surface area contributed by atoms with Gasteiger partial charge in [0.05, 0.1) is 10.7 Å². The van der Waals surface area contributed by atoms with Crippen molar-refractivity contribution in [2.75, 3.05) is 23.3 Å². The molecule has 0 bridgehead atoms. The number of halogens is 1. The molecule has 2 fully saturated rings. The molecule has 1 atom stereocenters. The van der Waals surface area contributed by atoms with E-state index in [-0.39, 0.29) is 17.7 Å². The molecule has 3 rings (SSSR count). The van der Waals surface area contributed by atoms with E-state index < -0.39 is 6.04 Å². The Hall–Kier alpha value is -2.08. The van der Waals surface area contributed by atoms with E-state index in [4.69, 9.17) is 11.6 Å². The molecule has 128 valence electrons. The smallest absolute Gasteiger partial charge is 0.249 e. The van der Waals surface area contributed by atoms with E-state index in [1.54, 1.807) is 6.07 Å². The lowest BCUT2D eigenvalue weighted by atomic mass is 9.98. The molecule has 0 saturated carbocycles. The van der Waals surface area contributed by atoms with E-state index in [0.717, 1.165) is 43.6 Å². The number of carbonyl (C=O) groups is 3. The molecule has 2 amide bonds. The first kappa shape index (κ1) is 16.8. The van der Waals surface area contributed by atoms with Crippen molar-refractivity contribution in [3.63, 3.8) is 0 Å². The van der Waals surface area contributed by atoms with Gasteiger partial charge in [0, 0.05) is 31.1 Å². The quantitative estimate of drug-likeness (QED) is 0.642. The highest BCUT2D eigenvalue weighted by molar-refractivity contribution is 6.33. The Kier molecular flexibility index (Phi) is 5.04. The maximum Gasteiger partial charge on any atom is 0.249 e. The molecular formula is C17H20ClN3O3. The minimum absolute atomic E-state index is 0.147. The monoisotopic (exact) mass is 349 g/mol. The minimum Gasteiger partial charge on any atom is -0.374 e. The zero-order valence-electron chi connectivity index (χ0n) is 13.3. The molecule has 24 heavy (non-hydrogen) atoms. The van der Waals surface area contributed by atoms with Crippen molar-refractivity contribution in [3.05, 3.63) is 23.2 Å². The van der Waals surface area contributed by atoms with Gasteiger partial charge in [0.15, 0.2) is 0 Å². The van der Waals surface area contributed by atoms with E-state index in [0.29, 0.717) is 17.9 Å². The second kappa shape index (κ2) is 7.21. The highest BCUT2D eigenvalue weighted by atomic mass is 35.5. The van der Waals surface area contributed by atoms with Gasteiger partial charge in [0.1, 0.15) is 12.3 Å². The third-order valence-corrected chi connectivity index (χ3v) is 4.90. The highest BCUT2D eigenvalue weighted by Crippen LogP contribution is 2.32. The van der Waals surface area contributed by atoms with Crippen LogP contribution in [-0.4, -0.2) is 37.2 Å². The molecular weight excluding hydrogens is 330 g/mol. The van der Waals surface area contributed by atoms with Gasteiger partial charge in [0.2, 0.25) is 11.8 Å². The molecule has 2 N–H and O–H groups in total. The predicted octanol–water partition coefficient (Wildman–Crippen LogP) is 1.97. The topological polar surface area (TPSA) is 78.5 Å². The fourth-order valence-electron chi connectivity index (χ4n) is 3.16. The first-order valence-corrected chi connectivity index (χ1v) is 8.54. The summed E-state index contributed by atoms with van der Waals surface area (Å²) in [5, 5.41) is 6.06. The third kappa shape index (κ3) is 3.70. The summed E-state index contributed by atoms with van der Waals surface area (Å²) in [5.41, 5.74) is 1.69. The number of hydrogen-bond donors (Lipinski definition) is 2. The summed E-state index contributed by atoms with van der Waals surface area (Å²) in [5.74, 6) is -0.388. The number of rotatable bonds is 4. The van der Waals surface area contributed by atoms with Crippen LogP contribution in [0.1, 0.15) is 25.7 Å². The van der Waals surface area contributed by atoms with Gasteiger partial charge in [-0.1, -0.05) is 11.6 Å². The van der Waals surface area contributed by atoms with Crippen LogP contribution in [0, 0.1) is 5.92 Å². The predicted molar refractivity (Wildman–Crippen MR) is 92.2 cm³/mol. The lowest BCUT2D eigenvalue weighted by molar-refractivity contribution is -0.133. The molecule has 6 nitrogen and oxygen atoms in total. The zero-order chi connectivity index (χ0) is 17.1. The van der Waals surface area contributed by atoms with Gasteiger partial charge < -0.3 is 15.0 Å². The van der Waals surface area contributed by atoms with E-state index in [1.807, 2.05) is 12.1 Å². The number of benzene rings is 1. The Morgan fingerprint density at radius 3 is 2.58 bits per heavy atom. The normalized spacial score (nSPS) is 22.2. The van der Waals surface area contributed by atoms with Crippen LogP contribution in [0.5, 0.6) is 0 Å². The van der Waals surface area contributed by atoms with Crippen molar-refractivity contribution < 1.29 is 14.4 Å². The second-order valence-corrected chi connectivity index (χ2v) is 6.68. The first-order valence-electron chi connectivity index (χ1n) is 8.17. The van der Waals surface area contributed by atoms with Gasteiger partial charge in [-0.25, -0.2) is 0 Å². The second-order valence-electron chi connectivity index (χ2n) is 6.27. The Bertz CT molecular complexity index is 656. The van der Waals surface area contributed by atoms with Gasteiger partial charge in [0.25, 0.3) is 0 Å². The lowest BCUT2D eigenvalue weighted by Crippen LogP contribution is -2.47. The molecule has 2 heterocycles. The molecule has 2 saturated heterocycles. The average molecular weight is 350 g/mol. The third-order valence-electron chi connectivity index (χ3n) is 4.60. The van der Waals surface area contributed by atoms with E-state index >= 15 is 0 Å². The number of piperidine rings is 2. The number of anilines is 2. The van der Waals surface area contributed by atoms with Gasteiger partial charge in [-0.2, -0.15) is 0 Å². The Morgan fingerprint density at radius 2 is 1.96 bits per heavy atom. The van der Waals surface area contributed by atoms with Crippen LogP contribution in [0.4, 0.5) is 11.4 Å². The van der Waals surface area contributed by atoms with E-state index in [1.165, 1.54) is 0 Å². The standard InChI is InChI=1S/C17H20ClN3O3/c18-13-9-12(19-14-2-4-16(23)20-17(14)24)1-3-15(13)21-7-5-11(10-22)6-8-21/h1,3,9-11,14,19H,2,4-8H2,(H,20,23,24). The van der Waals surface area contributed by atoms with Crippen LogP contribution in [0.15, 0.2) is 18.2 Å². The Morgan fingerprint density at radius 1 is 1.21 bits per heavy atom. The van der Waals surface area contributed by atoms with Crippen LogP contribution in [-0.2, 0) is 14.4 Å². The fraction of sp³-hybridized carbons (Fsp3) is 0.471. The molecule has 1 aromatic rings. The van der Waals surface area contributed by atoms with Gasteiger partial charge in [-0.15, -0.1) is 0 Å². The van der Waals surface area contributed by atoms with Crippen molar-refractivity contribution >= 4 is 41.1 Å². The average Bonchev–Trinajstić information content (AvgIpc) is 2.58. The number of carbonyl (C=O) groups excluding carboxylic acids is 3. The Labute approximate surface area is 145 Å². The van der Waals surface area contributed by atoms with Crippen LogP contribution in [0.2, 0.25) is 5.02 Å². The lowest BCUT2D eigenvalue weighted by Gasteiger charge is -2.32. The van der Waals surface area contributed by atoms with Crippen molar-refractivity contribution in [2.24, 2.45) is 5.92 Å². The van der Waals surface area contributed by atoms with Crippen molar-refractivity contribution in [2.45, 2.75) is 31.7 Å². The van der Waals surface area contributed by atoms with Crippen molar-refractivity contribution in [1.82, 2.24) is 5.32 Å². The molecule has 7 heteroatoms. The summed E-state index contributed by atoms with van der Waals surface area (Å²) < 4.78 is 0. The Balaban J connectivity index is 1.65. The number of amides is 2. The molecule has 0 spiro atoms. The SMILES string of the molecule is O=CC1CCN(c2ccc(NC3CCC(=O)NC3=O)cc2Cl)CC1. The molecule has 1 aromatic carbocycles. The van der Waals surface area contributed by atoms with Crippen LogP contribution >= 0.6 is 11.6 Å². The zero-order valence-corrected chi connectivity index (χ0v) is 14.0. The number of imide groups is 1. The summed E-state index contributed by atoms with van der Waals surface area (Å²) in [7, 11) is 0. The van der Waals surface area contributed by atoms with E-state index in [9.17, 15) is 14.4 Å². The molecule has 1 unspecified atom stereocenters. The molecule has 2 aliphatic heterocycles. The summed E-state index contributed by atoms with van der Waals surface area (Å²) in [6, 6.07) is 5.19. The molecule has 0 aliphatic carbocycles. The largest absolute Gasteiger partial charge is 0.374 e. The maximum atomic E-state index is 11.8. The van der Waals surface area contributed by atoms with Crippen molar-refractivity contribution in [1.29, 1.82) is 0 Å². The highest BCUT2D eigenvalue weighted by Gasteiger charge is 2.26. The van der Waals surface area contributed by atoms with Gasteiger partial charge >= 0.3 is 0 Å². The van der Waals surface area contributed by atoms with Gasteiger partial charge in [-0.3, -0.25) is 14.9 Å². The van der Waals surface area contributed by atoms with E-state index in [2.05, 4.69) is 15.5 Å². The summed E-state index contributed by atoms with van der Waals surface area (Å²) in [6.07, 6.45) is 3.53. The summed E-state index contributed by atoms with van der Waals surface area (Å²) in [6.45, 7) is 1.62. The van der Waals surface area contributed by atoms with Crippen LogP contribution < -0.4 is 15.5 Å². The number of aldehydes is 1. The number of nitrogens with zero attached hydrogens (tertiary/aromatic N) is 1. The molecule has 0 aromatic heterocycles. The first-order chi connectivity index (χ1) is 11.6. The fourth-order valence-corrected chi connectivity index (χ4v) is 3.46. The maximum absolute atomic E-state index is 11.8. The van der Waals surface area contributed by atoms with Gasteiger partial charge in [-0.05, 0) is 37.5 Å². The summed E-state index contributed by atoms with van der Waals surface area (Å²) in [4.78, 5) is 36.0. The molecule has 2 aliphatic rings. The van der Waals surface area contributed by atoms with Crippen molar-refractivity contribution in [3.8, 4) is 0 Å². The number of nitrogens with one attached hydrogen (secondary N) is 2. The minimum atomic E-state index is -0.423. The van der Waals surface area contributed by atoms with Crippen LogP contribution in [0.25, 0.3) is 0 Å².